The molecule has 1 aliphatic rings. The lowest BCUT2D eigenvalue weighted by Crippen LogP contribution is -2.46. The third kappa shape index (κ3) is 1.69. The Labute approximate surface area is 89.4 Å². The van der Waals surface area contributed by atoms with Crippen molar-refractivity contribution in [2.24, 2.45) is 5.92 Å². The molecule has 15 heavy (non-hydrogen) atoms. The summed E-state index contributed by atoms with van der Waals surface area (Å²) in [5.41, 5.74) is 1.64. The number of aryl methyl sites for hydroxylation is 1. The molecule has 0 fully saturated rings. The van der Waals surface area contributed by atoms with Crippen LogP contribution in [0.25, 0.3) is 0 Å². The summed E-state index contributed by atoms with van der Waals surface area (Å²) < 4.78 is 5.76. The molecule has 2 rings (SSSR count). The van der Waals surface area contributed by atoms with Crippen LogP contribution in [-0.2, 0) is 0 Å². The van der Waals surface area contributed by atoms with E-state index < -0.39 is 0 Å². The molecule has 0 spiro atoms. The quantitative estimate of drug-likeness (QED) is 0.762. The number of fused-ring (bicyclic) bond motifs is 1. The van der Waals surface area contributed by atoms with Gasteiger partial charge in [0.05, 0.1) is 5.56 Å². The molecule has 1 aromatic carbocycles. The summed E-state index contributed by atoms with van der Waals surface area (Å²) in [6.07, 6.45) is -0.217. The molecular weight excluding hydrogens is 190 g/mol. The van der Waals surface area contributed by atoms with E-state index in [-0.39, 0.29) is 18.1 Å². The third-order valence-electron chi connectivity index (χ3n) is 2.58. The Hall–Kier alpha value is -1.51. The highest BCUT2D eigenvalue weighted by molar-refractivity contribution is 5.98. The normalized spacial score (nSPS) is 19.5. The molecule has 1 N–H and O–H groups in total. The standard InChI is InChI=1S/C12H15NO2/c1-7(2)12-13-11(14)9-6-4-5-8(3)10(9)15-12/h4-7,12H,1-3H3,(H,13,14)/t12-/m1/s1. The van der Waals surface area contributed by atoms with E-state index in [1.807, 2.05) is 32.9 Å². The molecule has 0 radical (unpaired) electrons. The van der Waals surface area contributed by atoms with Crippen LogP contribution in [0, 0.1) is 12.8 Å². The van der Waals surface area contributed by atoms with Crippen molar-refractivity contribution in [2.45, 2.75) is 27.0 Å². The van der Waals surface area contributed by atoms with Crippen molar-refractivity contribution in [3.8, 4) is 5.75 Å². The molecule has 80 valence electrons. The Kier molecular flexibility index (Phi) is 2.39. The number of hydrogen-bond acceptors (Lipinski definition) is 2. The van der Waals surface area contributed by atoms with Crippen LogP contribution in [0.3, 0.4) is 0 Å². The van der Waals surface area contributed by atoms with E-state index in [4.69, 9.17) is 4.74 Å². The zero-order valence-corrected chi connectivity index (χ0v) is 9.20. The Morgan fingerprint density at radius 3 is 2.80 bits per heavy atom. The minimum Gasteiger partial charge on any atom is -0.469 e. The molecule has 0 aromatic heterocycles. The maximum atomic E-state index is 11.8. The van der Waals surface area contributed by atoms with Crippen LogP contribution in [-0.4, -0.2) is 12.1 Å². The van der Waals surface area contributed by atoms with E-state index >= 15 is 0 Å². The van der Waals surface area contributed by atoms with Crippen LogP contribution in [0.1, 0.15) is 29.8 Å². The van der Waals surface area contributed by atoms with E-state index in [9.17, 15) is 4.79 Å². The fourth-order valence-electron chi connectivity index (χ4n) is 1.65. The number of amides is 1. The van der Waals surface area contributed by atoms with Crippen LogP contribution in [0.5, 0.6) is 5.75 Å². The third-order valence-corrected chi connectivity index (χ3v) is 2.58. The van der Waals surface area contributed by atoms with Gasteiger partial charge in [-0.2, -0.15) is 0 Å². The first-order chi connectivity index (χ1) is 7.09. The molecule has 0 saturated heterocycles. The molecule has 0 bridgehead atoms. The maximum Gasteiger partial charge on any atom is 0.257 e. The summed E-state index contributed by atoms with van der Waals surface area (Å²) >= 11 is 0. The van der Waals surface area contributed by atoms with Gasteiger partial charge in [-0.3, -0.25) is 4.79 Å². The van der Waals surface area contributed by atoms with Crippen molar-refractivity contribution in [3.63, 3.8) is 0 Å². The molecule has 1 atom stereocenters. The van der Waals surface area contributed by atoms with E-state index in [0.717, 1.165) is 11.3 Å². The number of benzene rings is 1. The van der Waals surface area contributed by atoms with Crippen LogP contribution in [0.15, 0.2) is 18.2 Å². The zero-order chi connectivity index (χ0) is 11.0. The topological polar surface area (TPSA) is 38.3 Å². The highest BCUT2D eigenvalue weighted by Crippen LogP contribution is 2.28. The van der Waals surface area contributed by atoms with Crippen molar-refractivity contribution in [3.05, 3.63) is 29.3 Å². The van der Waals surface area contributed by atoms with E-state index in [2.05, 4.69) is 5.32 Å². The number of carbonyl (C=O) groups is 1. The lowest BCUT2D eigenvalue weighted by molar-refractivity contribution is 0.0640. The lowest BCUT2D eigenvalue weighted by Gasteiger charge is -2.30. The maximum absolute atomic E-state index is 11.8. The number of para-hydroxylation sites is 1. The molecule has 1 aliphatic heterocycles. The molecule has 1 heterocycles. The first kappa shape index (κ1) is 10.0. The van der Waals surface area contributed by atoms with Crippen LogP contribution in [0.2, 0.25) is 0 Å². The summed E-state index contributed by atoms with van der Waals surface area (Å²) in [6.45, 7) is 6.00. The van der Waals surface area contributed by atoms with Gasteiger partial charge in [0, 0.05) is 5.92 Å². The zero-order valence-electron chi connectivity index (χ0n) is 9.20. The number of hydrogen-bond donors (Lipinski definition) is 1. The van der Waals surface area contributed by atoms with E-state index in [0.29, 0.717) is 5.56 Å². The Bertz CT molecular complexity index is 399. The molecule has 1 amide bonds. The number of ether oxygens (including phenoxy) is 1. The van der Waals surface area contributed by atoms with Crippen molar-refractivity contribution < 1.29 is 9.53 Å². The van der Waals surface area contributed by atoms with Gasteiger partial charge in [0.15, 0.2) is 6.23 Å². The second-order valence-corrected chi connectivity index (χ2v) is 4.21. The van der Waals surface area contributed by atoms with E-state index in [1.54, 1.807) is 6.07 Å². The molecular formula is C12H15NO2. The largest absolute Gasteiger partial charge is 0.469 e. The molecule has 0 saturated carbocycles. The number of rotatable bonds is 1. The van der Waals surface area contributed by atoms with E-state index in [1.165, 1.54) is 0 Å². The summed E-state index contributed by atoms with van der Waals surface area (Å²) in [5, 5.41) is 2.84. The van der Waals surface area contributed by atoms with Gasteiger partial charge in [-0.25, -0.2) is 0 Å². The predicted molar refractivity (Wildman–Crippen MR) is 57.9 cm³/mol. The van der Waals surface area contributed by atoms with Crippen LogP contribution >= 0.6 is 0 Å². The van der Waals surface area contributed by atoms with Gasteiger partial charge >= 0.3 is 0 Å². The van der Waals surface area contributed by atoms with Gasteiger partial charge in [-0.15, -0.1) is 0 Å². The predicted octanol–water partition coefficient (Wildman–Crippen LogP) is 2.10. The molecule has 0 unspecified atom stereocenters. The fourth-order valence-corrected chi connectivity index (χ4v) is 1.65. The van der Waals surface area contributed by atoms with Gasteiger partial charge in [-0.05, 0) is 18.6 Å². The fraction of sp³-hybridized carbons (Fsp3) is 0.417. The molecule has 3 heteroatoms. The van der Waals surface area contributed by atoms with Gasteiger partial charge in [0.2, 0.25) is 0 Å². The van der Waals surface area contributed by atoms with Gasteiger partial charge < -0.3 is 10.1 Å². The highest BCUT2D eigenvalue weighted by Gasteiger charge is 2.28. The monoisotopic (exact) mass is 205 g/mol. The highest BCUT2D eigenvalue weighted by atomic mass is 16.5. The second kappa shape index (κ2) is 3.57. The Balaban J connectivity index is 2.42. The van der Waals surface area contributed by atoms with Crippen molar-refractivity contribution in [1.82, 2.24) is 5.32 Å². The summed E-state index contributed by atoms with van der Waals surface area (Å²) in [4.78, 5) is 11.8. The molecule has 0 aliphatic carbocycles. The van der Waals surface area contributed by atoms with Crippen molar-refractivity contribution in [1.29, 1.82) is 0 Å². The second-order valence-electron chi connectivity index (χ2n) is 4.21. The smallest absolute Gasteiger partial charge is 0.257 e. The summed E-state index contributed by atoms with van der Waals surface area (Å²) in [6, 6.07) is 5.61. The van der Waals surface area contributed by atoms with Crippen LogP contribution < -0.4 is 10.1 Å². The summed E-state index contributed by atoms with van der Waals surface area (Å²) in [7, 11) is 0. The van der Waals surface area contributed by atoms with Gasteiger partial charge in [0.25, 0.3) is 5.91 Å². The molecule has 3 nitrogen and oxygen atoms in total. The average Bonchev–Trinajstić information content (AvgIpc) is 2.19. The minimum atomic E-state index is -0.217. The van der Waals surface area contributed by atoms with Crippen molar-refractivity contribution >= 4 is 5.91 Å². The average molecular weight is 205 g/mol. The Morgan fingerprint density at radius 2 is 2.13 bits per heavy atom. The Morgan fingerprint density at radius 1 is 1.40 bits per heavy atom. The number of nitrogens with one attached hydrogen (secondary N) is 1. The lowest BCUT2D eigenvalue weighted by atomic mass is 10.1. The minimum absolute atomic E-state index is 0.0429. The first-order valence-corrected chi connectivity index (χ1v) is 5.16. The van der Waals surface area contributed by atoms with Gasteiger partial charge in [0.1, 0.15) is 5.75 Å². The first-order valence-electron chi connectivity index (χ1n) is 5.16. The molecule has 1 aromatic rings. The van der Waals surface area contributed by atoms with Crippen LogP contribution in [0.4, 0.5) is 0 Å². The van der Waals surface area contributed by atoms with Gasteiger partial charge in [-0.1, -0.05) is 26.0 Å². The summed E-state index contributed by atoms with van der Waals surface area (Å²) in [5.74, 6) is 0.945. The number of carbonyl (C=O) groups excluding carboxylic acids is 1. The van der Waals surface area contributed by atoms with Crippen molar-refractivity contribution in [2.75, 3.05) is 0 Å². The SMILES string of the molecule is Cc1cccc2c1O[C@H](C(C)C)NC2=O.